The molecule has 1 aromatic rings. The molecule has 1 aliphatic carbocycles. The van der Waals surface area contributed by atoms with Crippen molar-refractivity contribution in [2.75, 3.05) is 0 Å². The van der Waals surface area contributed by atoms with E-state index in [0.29, 0.717) is 5.75 Å². The molecule has 0 amide bonds. The molecule has 0 fully saturated rings. The van der Waals surface area contributed by atoms with Gasteiger partial charge in [0.25, 0.3) is 0 Å². The van der Waals surface area contributed by atoms with Gasteiger partial charge < -0.3 is 10.8 Å². The van der Waals surface area contributed by atoms with E-state index in [1.165, 1.54) is 5.56 Å². The van der Waals surface area contributed by atoms with E-state index in [1.807, 2.05) is 6.07 Å². The third kappa shape index (κ3) is 1.50. The SMILES string of the molecule is CCC1(N)CCc2c(O)cccc2C1. The van der Waals surface area contributed by atoms with Crippen molar-refractivity contribution in [2.45, 2.75) is 38.1 Å². The van der Waals surface area contributed by atoms with Crippen LogP contribution in [-0.2, 0) is 12.8 Å². The van der Waals surface area contributed by atoms with Gasteiger partial charge in [0.2, 0.25) is 0 Å². The first-order chi connectivity index (χ1) is 6.64. The van der Waals surface area contributed by atoms with E-state index in [4.69, 9.17) is 5.73 Å². The summed E-state index contributed by atoms with van der Waals surface area (Å²) in [4.78, 5) is 0. The summed E-state index contributed by atoms with van der Waals surface area (Å²) in [5.74, 6) is 0.431. The molecule has 1 aromatic carbocycles. The van der Waals surface area contributed by atoms with Gasteiger partial charge in [-0.05, 0) is 42.9 Å². The van der Waals surface area contributed by atoms with Gasteiger partial charge in [-0.1, -0.05) is 19.1 Å². The molecule has 0 aliphatic heterocycles. The summed E-state index contributed by atoms with van der Waals surface area (Å²) in [6, 6.07) is 5.73. The van der Waals surface area contributed by atoms with Gasteiger partial charge in [0.15, 0.2) is 0 Å². The van der Waals surface area contributed by atoms with Crippen molar-refractivity contribution in [1.82, 2.24) is 0 Å². The highest BCUT2D eigenvalue weighted by molar-refractivity contribution is 5.42. The number of nitrogens with two attached hydrogens (primary N) is 1. The molecule has 0 heterocycles. The second-order valence-electron chi connectivity index (χ2n) is 4.31. The van der Waals surface area contributed by atoms with Crippen molar-refractivity contribution < 1.29 is 5.11 Å². The molecule has 3 N–H and O–H groups in total. The summed E-state index contributed by atoms with van der Waals surface area (Å²) in [6.45, 7) is 2.13. The molecule has 0 aromatic heterocycles. The van der Waals surface area contributed by atoms with Gasteiger partial charge in [-0.15, -0.1) is 0 Å². The van der Waals surface area contributed by atoms with E-state index in [0.717, 1.165) is 31.2 Å². The van der Waals surface area contributed by atoms with Gasteiger partial charge in [-0.2, -0.15) is 0 Å². The van der Waals surface area contributed by atoms with Crippen LogP contribution in [0, 0.1) is 0 Å². The Morgan fingerprint density at radius 3 is 3.00 bits per heavy atom. The minimum atomic E-state index is -0.0548. The summed E-state index contributed by atoms with van der Waals surface area (Å²) < 4.78 is 0. The maximum atomic E-state index is 9.66. The Bertz CT molecular complexity index is 348. The van der Waals surface area contributed by atoms with Crippen LogP contribution in [0.15, 0.2) is 18.2 Å². The van der Waals surface area contributed by atoms with Crippen LogP contribution in [-0.4, -0.2) is 10.6 Å². The topological polar surface area (TPSA) is 46.2 Å². The Morgan fingerprint density at radius 1 is 1.50 bits per heavy atom. The van der Waals surface area contributed by atoms with E-state index in [2.05, 4.69) is 13.0 Å². The van der Waals surface area contributed by atoms with Crippen molar-refractivity contribution in [3.05, 3.63) is 29.3 Å². The number of fused-ring (bicyclic) bond motifs is 1. The largest absolute Gasteiger partial charge is 0.508 e. The molecule has 1 atom stereocenters. The van der Waals surface area contributed by atoms with Crippen molar-refractivity contribution in [2.24, 2.45) is 5.73 Å². The second kappa shape index (κ2) is 3.28. The molecule has 0 bridgehead atoms. The monoisotopic (exact) mass is 191 g/mol. The van der Waals surface area contributed by atoms with Crippen LogP contribution in [0.3, 0.4) is 0 Å². The highest BCUT2D eigenvalue weighted by Gasteiger charge is 2.29. The fraction of sp³-hybridized carbons (Fsp3) is 0.500. The number of benzene rings is 1. The summed E-state index contributed by atoms with van der Waals surface area (Å²) in [6.07, 6.45) is 3.79. The van der Waals surface area contributed by atoms with Crippen LogP contribution in [0.25, 0.3) is 0 Å². The zero-order valence-electron chi connectivity index (χ0n) is 8.59. The van der Waals surface area contributed by atoms with Gasteiger partial charge >= 0.3 is 0 Å². The van der Waals surface area contributed by atoms with Gasteiger partial charge in [-0.25, -0.2) is 0 Å². The average Bonchev–Trinajstić information content (AvgIpc) is 2.18. The highest BCUT2D eigenvalue weighted by Crippen LogP contribution is 2.33. The number of rotatable bonds is 1. The molecular weight excluding hydrogens is 174 g/mol. The fourth-order valence-electron chi connectivity index (χ4n) is 2.22. The lowest BCUT2D eigenvalue weighted by atomic mass is 9.77. The van der Waals surface area contributed by atoms with Crippen LogP contribution < -0.4 is 5.73 Å². The van der Waals surface area contributed by atoms with E-state index in [-0.39, 0.29) is 5.54 Å². The minimum Gasteiger partial charge on any atom is -0.508 e. The van der Waals surface area contributed by atoms with Gasteiger partial charge in [0, 0.05) is 5.54 Å². The quantitative estimate of drug-likeness (QED) is 0.713. The molecule has 0 spiro atoms. The lowest BCUT2D eigenvalue weighted by Gasteiger charge is -2.34. The molecule has 0 saturated carbocycles. The highest BCUT2D eigenvalue weighted by atomic mass is 16.3. The lowest BCUT2D eigenvalue weighted by molar-refractivity contribution is 0.353. The molecule has 1 aliphatic rings. The molecule has 0 saturated heterocycles. The van der Waals surface area contributed by atoms with Crippen molar-refractivity contribution in [3.63, 3.8) is 0 Å². The zero-order valence-corrected chi connectivity index (χ0v) is 8.59. The van der Waals surface area contributed by atoms with Crippen molar-refractivity contribution in [1.29, 1.82) is 0 Å². The average molecular weight is 191 g/mol. The lowest BCUT2D eigenvalue weighted by Crippen LogP contribution is -2.44. The zero-order chi connectivity index (χ0) is 10.2. The smallest absolute Gasteiger partial charge is 0.119 e. The maximum Gasteiger partial charge on any atom is 0.119 e. The maximum absolute atomic E-state index is 9.66. The number of phenolic OH excluding ortho intramolecular Hbond substituents is 1. The van der Waals surface area contributed by atoms with Crippen LogP contribution >= 0.6 is 0 Å². The van der Waals surface area contributed by atoms with E-state index in [1.54, 1.807) is 6.07 Å². The summed E-state index contributed by atoms with van der Waals surface area (Å²) in [5, 5.41) is 9.66. The Morgan fingerprint density at radius 2 is 2.29 bits per heavy atom. The van der Waals surface area contributed by atoms with E-state index < -0.39 is 0 Å². The summed E-state index contributed by atoms with van der Waals surface area (Å²) in [7, 11) is 0. The predicted octanol–water partition coefficient (Wildman–Crippen LogP) is 1.99. The van der Waals surface area contributed by atoms with Crippen molar-refractivity contribution in [3.8, 4) is 5.75 Å². The minimum absolute atomic E-state index is 0.0548. The second-order valence-corrected chi connectivity index (χ2v) is 4.31. The molecular formula is C12H17NO. The molecule has 1 unspecified atom stereocenters. The normalized spacial score (nSPS) is 25.9. The fourth-order valence-corrected chi connectivity index (χ4v) is 2.22. The number of hydrogen-bond donors (Lipinski definition) is 2. The standard InChI is InChI=1S/C12H17NO/c1-2-12(13)7-6-10-9(8-12)4-3-5-11(10)14/h3-5,14H,2,6-8,13H2,1H3. The Kier molecular flexibility index (Phi) is 2.23. The first-order valence-electron chi connectivity index (χ1n) is 5.23. The Labute approximate surface area is 84.7 Å². The van der Waals surface area contributed by atoms with Gasteiger partial charge in [-0.3, -0.25) is 0 Å². The van der Waals surface area contributed by atoms with Gasteiger partial charge in [0.1, 0.15) is 5.75 Å². The van der Waals surface area contributed by atoms with Gasteiger partial charge in [0.05, 0.1) is 0 Å². The predicted molar refractivity (Wildman–Crippen MR) is 57.3 cm³/mol. The van der Waals surface area contributed by atoms with Crippen LogP contribution in [0.5, 0.6) is 5.75 Å². The number of aromatic hydroxyl groups is 1. The molecule has 2 nitrogen and oxygen atoms in total. The van der Waals surface area contributed by atoms with Crippen LogP contribution in [0.1, 0.15) is 30.9 Å². The molecule has 2 heteroatoms. The third-order valence-corrected chi connectivity index (χ3v) is 3.37. The van der Waals surface area contributed by atoms with Crippen LogP contribution in [0.4, 0.5) is 0 Å². The number of phenols is 1. The first kappa shape index (κ1) is 9.53. The third-order valence-electron chi connectivity index (χ3n) is 3.37. The number of hydrogen-bond acceptors (Lipinski definition) is 2. The molecule has 2 rings (SSSR count). The first-order valence-corrected chi connectivity index (χ1v) is 5.23. The van der Waals surface area contributed by atoms with Crippen LogP contribution in [0.2, 0.25) is 0 Å². The van der Waals surface area contributed by atoms with E-state index >= 15 is 0 Å². The molecule has 0 radical (unpaired) electrons. The Balaban J connectivity index is 2.36. The Hall–Kier alpha value is -1.02. The molecule has 76 valence electrons. The summed E-state index contributed by atoms with van der Waals surface area (Å²) in [5.41, 5.74) is 8.51. The van der Waals surface area contributed by atoms with Crippen molar-refractivity contribution >= 4 is 0 Å². The summed E-state index contributed by atoms with van der Waals surface area (Å²) >= 11 is 0. The molecule has 14 heavy (non-hydrogen) atoms. The van der Waals surface area contributed by atoms with E-state index in [9.17, 15) is 5.11 Å².